The topological polar surface area (TPSA) is 65.7 Å². The molecule has 0 fully saturated rings. The first kappa shape index (κ1) is 17.8. The summed E-state index contributed by atoms with van der Waals surface area (Å²) >= 11 is 0. The van der Waals surface area contributed by atoms with Gasteiger partial charge in [-0.1, -0.05) is 48.5 Å². The van der Waals surface area contributed by atoms with Crippen molar-refractivity contribution in [2.45, 2.75) is 19.6 Å². The second-order valence-corrected chi connectivity index (χ2v) is 6.45. The average molecular weight is 374 g/mol. The van der Waals surface area contributed by atoms with Crippen LogP contribution >= 0.6 is 0 Å². The Labute approximate surface area is 161 Å². The van der Waals surface area contributed by atoms with E-state index in [4.69, 9.17) is 13.9 Å². The molecule has 0 amide bonds. The molecular weight excluding hydrogens is 356 g/mol. The van der Waals surface area contributed by atoms with Gasteiger partial charge in [-0.2, -0.15) is 0 Å². The van der Waals surface area contributed by atoms with Gasteiger partial charge in [-0.3, -0.25) is 0 Å². The maximum Gasteiger partial charge on any atom is 0.347 e. The van der Waals surface area contributed by atoms with Gasteiger partial charge in [0.15, 0.2) is 6.10 Å². The van der Waals surface area contributed by atoms with Crippen molar-refractivity contribution in [1.29, 1.82) is 0 Å². The van der Waals surface area contributed by atoms with Crippen LogP contribution in [0.1, 0.15) is 12.5 Å². The molecule has 4 rings (SSSR count). The monoisotopic (exact) mass is 374 g/mol. The molecule has 0 saturated heterocycles. The molecule has 0 aliphatic carbocycles. The Hall–Kier alpha value is -3.60. The maximum atomic E-state index is 12.2. The van der Waals surface area contributed by atoms with E-state index in [1.807, 2.05) is 48.5 Å². The second kappa shape index (κ2) is 7.56. The van der Waals surface area contributed by atoms with Crippen LogP contribution in [0.4, 0.5) is 0 Å². The van der Waals surface area contributed by atoms with Gasteiger partial charge < -0.3 is 13.9 Å². The number of rotatable bonds is 5. The molecule has 28 heavy (non-hydrogen) atoms. The van der Waals surface area contributed by atoms with Crippen LogP contribution in [-0.2, 0) is 16.1 Å². The fourth-order valence-electron chi connectivity index (χ4n) is 3.03. The van der Waals surface area contributed by atoms with Gasteiger partial charge in [-0.05, 0) is 36.1 Å². The number of benzene rings is 3. The van der Waals surface area contributed by atoms with E-state index in [9.17, 15) is 9.59 Å². The van der Waals surface area contributed by atoms with Gasteiger partial charge in [0, 0.05) is 11.5 Å². The zero-order valence-electron chi connectivity index (χ0n) is 15.3. The van der Waals surface area contributed by atoms with E-state index in [0.29, 0.717) is 16.7 Å². The van der Waals surface area contributed by atoms with Crippen molar-refractivity contribution in [1.82, 2.24) is 0 Å². The second-order valence-electron chi connectivity index (χ2n) is 6.45. The van der Waals surface area contributed by atoms with Crippen LogP contribution in [0.25, 0.3) is 21.7 Å². The average Bonchev–Trinajstić information content (AvgIpc) is 2.73. The van der Waals surface area contributed by atoms with Crippen molar-refractivity contribution in [2.75, 3.05) is 0 Å². The molecule has 140 valence electrons. The lowest BCUT2D eigenvalue weighted by atomic mass is 10.1. The lowest BCUT2D eigenvalue weighted by molar-refractivity contribution is -0.152. The number of ether oxygens (including phenoxy) is 2. The summed E-state index contributed by atoms with van der Waals surface area (Å²) in [5.74, 6) is -0.0426. The normalized spacial score (nSPS) is 12.0. The van der Waals surface area contributed by atoms with Crippen LogP contribution in [0.2, 0.25) is 0 Å². The molecule has 4 aromatic rings. The van der Waals surface area contributed by atoms with Crippen LogP contribution in [0.3, 0.4) is 0 Å². The summed E-state index contributed by atoms with van der Waals surface area (Å²) < 4.78 is 16.4. The van der Waals surface area contributed by atoms with Crippen molar-refractivity contribution in [3.8, 4) is 5.75 Å². The molecule has 5 nitrogen and oxygen atoms in total. The zero-order chi connectivity index (χ0) is 19.5. The Balaban J connectivity index is 1.52. The third-order valence-electron chi connectivity index (χ3n) is 4.46. The Kier molecular flexibility index (Phi) is 4.81. The lowest BCUT2D eigenvalue weighted by Crippen LogP contribution is -2.26. The fraction of sp³-hybridized carbons (Fsp3) is 0.130. The molecule has 0 aliphatic heterocycles. The van der Waals surface area contributed by atoms with Crippen molar-refractivity contribution >= 4 is 27.7 Å². The quantitative estimate of drug-likeness (QED) is 0.293. The van der Waals surface area contributed by atoms with Crippen LogP contribution in [-0.4, -0.2) is 12.1 Å². The minimum Gasteiger partial charge on any atom is -0.479 e. The number of hydrogen-bond donors (Lipinski definition) is 0. The molecule has 0 radical (unpaired) electrons. The molecular formula is C23H18O5. The van der Waals surface area contributed by atoms with Crippen molar-refractivity contribution in [3.05, 3.63) is 88.8 Å². The summed E-state index contributed by atoms with van der Waals surface area (Å²) in [5.41, 5.74) is 0.907. The van der Waals surface area contributed by atoms with Gasteiger partial charge in [0.25, 0.3) is 0 Å². The minimum absolute atomic E-state index is 0.186. The number of esters is 1. The highest BCUT2D eigenvalue weighted by molar-refractivity contribution is 6.04. The smallest absolute Gasteiger partial charge is 0.347 e. The van der Waals surface area contributed by atoms with E-state index in [2.05, 4.69) is 0 Å². The fourth-order valence-corrected chi connectivity index (χ4v) is 3.03. The van der Waals surface area contributed by atoms with E-state index < -0.39 is 17.7 Å². The molecule has 0 spiro atoms. The van der Waals surface area contributed by atoms with Crippen LogP contribution in [0.15, 0.2) is 82.0 Å². The summed E-state index contributed by atoms with van der Waals surface area (Å²) in [6.07, 6.45) is -0.798. The number of hydrogen-bond acceptors (Lipinski definition) is 5. The molecule has 1 aromatic heterocycles. The van der Waals surface area contributed by atoms with Crippen molar-refractivity contribution < 1.29 is 18.7 Å². The molecule has 1 heterocycles. The Morgan fingerprint density at radius 1 is 0.929 bits per heavy atom. The summed E-state index contributed by atoms with van der Waals surface area (Å²) in [7, 11) is 0. The summed E-state index contributed by atoms with van der Waals surface area (Å²) in [6.45, 7) is 1.81. The third-order valence-corrected chi connectivity index (χ3v) is 4.46. The minimum atomic E-state index is -0.798. The highest BCUT2D eigenvalue weighted by Crippen LogP contribution is 2.26. The van der Waals surface area contributed by atoms with E-state index in [1.165, 1.54) is 0 Å². The van der Waals surface area contributed by atoms with Crippen LogP contribution in [0, 0.1) is 0 Å². The van der Waals surface area contributed by atoms with E-state index in [0.717, 1.165) is 16.3 Å². The molecule has 0 N–H and O–H groups in total. The molecule has 1 unspecified atom stereocenters. The van der Waals surface area contributed by atoms with Gasteiger partial charge in [-0.25, -0.2) is 9.59 Å². The summed E-state index contributed by atoms with van der Waals surface area (Å²) in [5, 5.41) is 2.15. The van der Waals surface area contributed by atoms with Crippen molar-refractivity contribution in [3.63, 3.8) is 0 Å². The van der Waals surface area contributed by atoms with Gasteiger partial charge in [0.2, 0.25) is 0 Å². The Bertz CT molecular complexity index is 1190. The van der Waals surface area contributed by atoms with Gasteiger partial charge >= 0.3 is 11.6 Å². The standard InChI is InChI=1S/C23H18O5/c1-15(22(24)26-14-16-7-3-2-4-8-16)27-17-11-12-19-18-9-5-6-10-20(18)23(25)28-21(19)13-17/h2-13,15H,14H2,1H3. The first-order chi connectivity index (χ1) is 13.6. The predicted molar refractivity (Wildman–Crippen MR) is 106 cm³/mol. The SMILES string of the molecule is CC(Oc1ccc2c(c1)oc(=O)c1ccccc12)C(=O)OCc1ccccc1. The highest BCUT2D eigenvalue weighted by Gasteiger charge is 2.17. The van der Waals surface area contributed by atoms with Gasteiger partial charge in [0.05, 0.1) is 5.39 Å². The zero-order valence-corrected chi connectivity index (χ0v) is 15.3. The summed E-state index contributed by atoms with van der Waals surface area (Å²) in [6, 6.07) is 21.9. The largest absolute Gasteiger partial charge is 0.479 e. The van der Waals surface area contributed by atoms with Crippen molar-refractivity contribution in [2.24, 2.45) is 0 Å². The highest BCUT2D eigenvalue weighted by atomic mass is 16.6. The van der Waals surface area contributed by atoms with Gasteiger partial charge in [0.1, 0.15) is 17.9 Å². The molecule has 3 aromatic carbocycles. The van der Waals surface area contributed by atoms with Crippen LogP contribution < -0.4 is 10.4 Å². The first-order valence-corrected chi connectivity index (χ1v) is 8.94. The molecule has 0 bridgehead atoms. The number of fused-ring (bicyclic) bond motifs is 3. The Morgan fingerprint density at radius 2 is 1.64 bits per heavy atom. The summed E-state index contributed by atoms with van der Waals surface area (Å²) in [4.78, 5) is 24.4. The van der Waals surface area contributed by atoms with E-state index in [1.54, 1.807) is 31.2 Å². The van der Waals surface area contributed by atoms with Gasteiger partial charge in [-0.15, -0.1) is 0 Å². The van der Waals surface area contributed by atoms with E-state index >= 15 is 0 Å². The molecule has 0 saturated carbocycles. The Morgan fingerprint density at radius 3 is 2.43 bits per heavy atom. The third kappa shape index (κ3) is 3.60. The number of carbonyl (C=O) groups is 1. The lowest BCUT2D eigenvalue weighted by Gasteiger charge is -2.14. The van der Waals surface area contributed by atoms with E-state index in [-0.39, 0.29) is 6.61 Å². The molecule has 5 heteroatoms. The molecule has 1 atom stereocenters. The first-order valence-electron chi connectivity index (χ1n) is 8.94. The molecule has 0 aliphatic rings. The number of carbonyl (C=O) groups excluding carboxylic acids is 1. The van der Waals surface area contributed by atoms with Crippen LogP contribution in [0.5, 0.6) is 5.75 Å². The predicted octanol–water partition coefficient (Wildman–Crippen LogP) is 4.46. The maximum absolute atomic E-state index is 12.2.